The Kier molecular flexibility index (Phi) is 4.34. The molecule has 96 valence electrons. The molecule has 0 spiro atoms. The van der Waals surface area contributed by atoms with Crippen molar-refractivity contribution >= 4 is 27.5 Å². The van der Waals surface area contributed by atoms with Crippen LogP contribution in [0.3, 0.4) is 0 Å². The van der Waals surface area contributed by atoms with Gasteiger partial charge >= 0.3 is 0 Å². The van der Waals surface area contributed by atoms with Crippen molar-refractivity contribution < 1.29 is 0 Å². The largest absolute Gasteiger partial charge is 0.270 e. The van der Waals surface area contributed by atoms with Crippen LogP contribution in [0.25, 0.3) is 0 Å². The van der Waals surface area contributed by atoms with Crippen molar-refractivity contribution in [1.82, 2.24) is 20.2 Å². The maximum absolute atomic E-state index is 6.16. The van der Waals surface area contributed by atoms with E-state index in [4.69, 9.17) is 17.4 Å². The summed E-state index contributed by atoms with van der Waals surface area (Å²) < 4.78 is 2.72. The summed E-state index contributed by atoms with van der Waals surface area (Å²) in [6.07, 6.45) is 3.42. The Bertz CT molecular complexity index is 542. The van der Waals surface area contributed by atoms with Crippen LogP contribution in [0.15, 0.2) is 29.0 Å². The first-order valence-electron chi connectivity index (χ1n) is 5.46. The zero-order chi connectivity index (χ0) is 13.1. The van der Waals surface area contributed by atoms with Crippen molar-refractivity contribution in [2.24, 2.45) is 5.84 Å². The average molecular weight is 331 g/mol. The molecule has 2 aromatic rings. The zero-order valence-electron chi connectivity index (χ0n) is 9.77. The number of nitrogens with one attached hydrogen (secondary N) is 1. The third kappa shape index (κ3) is 2.42. The molecule has 0 saturated heterocycles. The predicted octanol–water partition coefficient (Wildman–Crippen LogP) is 2.27. The topological polar surface area (TPSA) is 68.8 Å². The highest BCUT2D eigenvalue weighted by Crippen LogP contribution is 2.30. The molecule has 0 aliphatic heterocycles. The van der Waals surface area contributed by atoms with Crippen LogP contribution < -0.4 is 11.3 Å². The number of hydrogen-bond donors (Lipinski definition) is 2. The van der Waals surface area contributed by atoms with Gasteiger partial charge in [0.15, 0.2) is 0 Å². The molecule has 5 nitrogen and oxygen atoms in total. The lowest BCUT2D eigenvalue weighted by Crippen LogP contribution is -2.31. The fourth-order valence-electron chi connectivity index (χ4n) is 1.81. The van der Waals surface area contributed by atoms with Crippen LogP contribution in [0.2, 0.25) is 5.02 Å². The normalized spacial score (nSPS) is 12.7. The summed E-state index contributed by atoms with van der Waals surface area (Å²) >= 11 is 9.63. The molecule has 2 heterocycles. The third-order valence-electron chi connectivity index (χ3n) is 2.63. The van der Waals surface area contributed by atoms with E-state index in [0.29, 0.717) is 10.7 Å². The van der Waals surface area contributed by atoms with Gasteiger partial charge in [-0.15, -0.1) is 0 Å². The first-order chi connectivity index (χ1) is 8.69. The van der Waals surface area contributed by atoms with Gasteiger partial charge in [-0.2, -0.15) is 5.10 Å². The van der Waals surface area contributed by atoms with Crippen LogP contribution in [0.5, 0.6) is 0 Å². The molecule has 0 bridgehead atoms. The van der Waals surface area contributed by atoms with Gasteiger partial charge in [0.05, 0.1) is 27.1 Å². The second-order valence-corrected chi connectivity index (χ2v) is 4.93. The highest BCUT2D eigenvalue weighted by Gasteiger charge is 2.23. The van der Waals surface area contributed by atoms with Crippen molar-refractivity contribution in [2.75, 3.05) is 0 Å². The van der Waals surface area contributed by atoms with Crippen molar-refractivity contribution in [2.45, 2.75) is 19.5 Å². The summed E-state index contributed by atoms with van der Waals surface area (Å²) in [5, 5.41) is 4.83. The number of aryl methyl sites for hydroxylation is 1. The zero-order valence-corrected chi connectivity index (χ0v) is 12.1. The van der Waals surface area contributed by atoms with Crippen LogP contribution in [-0.2, 0) is 6.54 Å². The second-order valence-electron chi connectivity index (χ2n) is 3.66. The standard InChI is InChI=1S/C11H13BrClN5/c1-2-18-11(7(12)6-16-18)10(17-14)9-8(13)4-3-5-15-9/h3-6,10,17H,2,14H2,1H3. The van der Waals surface area contributed by atoms with Gasteiger partial charge in [0.25, 0.3) is 0 Å². The SMILES string of the molecule is CCn1ncc(Br)c1C(NN)c1ncccc1Cl. The van der Waals surface area contributed by atoms with Gasteiger partial charge in [-0.3, -0.25) is 15.5 Å². The Balaban J connectivity index is 2.52. The van der Waals surface area contributed by atoms with Gasteiger partial charge in [0.1, 0.15) is 6.04 Å². The van der Waals surface area contributed by atoms with Crippen molar-refractivity contribution in [3.05, 3.63) is 45.4 Å². The van der Waals surface area contributed by atoms with E-state index in [1.54, 1.807) is 24.5 Å². The summed E-state index contributed by atoms with van der Waals surface area (Å²) in [6.45, 7) is 2.75. The van der Waals surface area contributed by atoms with Gasteiger partial charge in [0.2, 0.25) is 0 Å². The van der Waals surface area contributed by atoms with Crippen molar-refractivity contribution in [1.29, 1.82) is 0 Å². The molecule has 2 rings (SSSR count). The maximum Gasteiger partial charge on any atom is 0.107 e. The van der Waals surface area contributed by atoms with Crippen molar-refractivity contribution in [3.63, 3.8) is 0 Å². The molecule has 0 aliphatic carbocycles. The number of hydrogen-bond acceptors (Lipinski definition) is 4. The highest BCUT2D eigenvalue weighted by molar-refractivity contribution is 9.10. The number of halogens is 2. The molecular weight excluding hydrogens is 318 g/mol. The molecule has 1 unspecified atom stereocenters. The lowest BCUT2D eigenvalue weighted by molar-refractivity contribution is 0.534. The highest BCUT2D eigenvalue weighted by atomic mass is 79.9. The van der Waals surface area contributed by atoms with E-state index in [-0.39, 0.29) is 6.04 Å². The number of pyridine rings is 1. The molecule has 7 heteroatoms. The minimum Gasteiger partial charge on any atom is -0.270 e. The monoisotopic (exact) mass is 329 g/mol. The van der Waals surface area contributed by atoms with E-state index in [1.807, 2.05) is 11.6 Å². The number of rotatable bonds is 4. The molecule has 0 radical (unpaired) electrons. The average Bonchev–Trinajstić information content (AvgIpc) is 2.74. The first-order valence-corrected chi connectivity index (χ1v) is 6.63. The lowest BCUT2D eigenvalue weighted by Gasteiger charge is -2.18. The molecule has 1 atom stereocenters. The van der Waals surface area contributed by atoms with Crippen LogP contribution in [0, 0.1) is 0 Å². The lowest BCUT2D eigenvalue weighted by atomic mass is 10.1. The summed E-state index contributed by atoms with van der Waals surface area (Å²) in [5.74, 6) is 5.65. The smallest absolute Gasteiger partial charge is 0.107 e. The number of hydrazine groups is 1. The molecule has 2 aromatic heterocycles. The van der Waals surface area contributed by atoms with Crippen LogP contribution in [0.4, 0.5) is 0 Å². The molecule has 18 heavy (non-hydrogen) atoms. The first kappa shape index (κ1) is 13.5. The van der Waals surface area contributed by atoms with Gasteiger partial charge in [-0.25, -0.2) is 5.43 Å². The Morgan fingerprint density at radius 2 is 2.39 bits per heavy atom. The Morgan fingerprint density at radius 3 is 3.00 bits per heavy atom. The Labute approximate surface area is 118 Å². The van der Waals surface area contributed by atoms with Gasteiger partial charge in [0, 0.05) is 12.7 Å². The fourth-order valence-corrected chi connectivity index (χ4v) is 2.56. The molecule has 0 aromatic carbocycles. The predicted molar refractivity (Wildman–Crippen MR) is 74.0 cm³/mol. The summed E-state index contributed by atoms with van der Waals surface area (Å²) in [5.41, 5.74) is 4.32. The summed E-state index contributed by atoms with van der Waals surface area (Å²) in [7, 11) is 0. The minimum absolute atomic E-state index is 0.310. The van der Waals surface area contributed by atoms with E-state index < -0.39 is 0 Å². The summed E-state index contributed by atoms with van der Waals surface area (Å²) in [6, 6.07) is 3.26. The number of nitrogens with zero attached hydrogens (tertiary/aromatic N) is 3. The van der Waals surface area contributed by atoms with E-state index in [1.165, 1.54) is 0 Å². The molecule has 0 aliphatic rings. The van der Waals surface area contributed by atoms with E-state index >= 15 is 0 Å². The van der Waals surface area contributed by atoms with Gasteiger partial charge in [-0.05, 0) is 35.0 Å². The Morgan fingerprint density at radius 1 is 1.61 bits per heavy atom. The van der Waals surface area contributed by atoms with Crippen LogP contribution in [-0.4, -0.2) is 14.8 Å². The summed E-state index contributed by atoms with van der Waals surface area (Å²) in [4.78, 5) is 4.29. The molecular formula is C11H13BrClN5. The quantitative estimate of drug-likeness (QED) is 0.666. The fraction of sp³-hybridized carbons (Fsp3) is 0.273. The van der Waals surface area contributed by atoms with Crippen LogP contribution in [0.1, 0.15) is 24.4 Å². The van der Waals surface area contributed by atoms with Gasteiger partial charge < -0.3 is 0 Å². The maximum atomic E-state index is 6.16. The minimum atomic E-state index is -0.310. The molecule has 0 amide bonds. The van der Waals surface area contributed by atoms with E-state index in [0.717, 1.165) is 16.7 Å². The molecule has 0 saturated carbocycles. The Hall–Kier alpha value is -0.950. The van der Waals surface area contributed by atoms with Gasteiger partial charge in [-0.1, -0.05) is 11.6 Å². The van der Waals surface area contributed by atoms with E-state index in [9.17, 15) is 0 Å². The van der Waals surface area contributed by atoms with Crippen LogP contribution >= 0.6 is 27.5 Å². The molecule has 3 N–H and O–H groups in total. The molecule has 0 fully saturated rings. The number of nitrogens with two attached hydrogens (primary N) is 1. The van der Waals surface area contributed by atoms with E-state index in [2.05, 4.69) is 31.4 Å². The number of aromatic nitrogens is 3. The third-order valence-corrected chi connectivity index (χ3v) is 3.56. The van der Waals surface area contributed by atoms with Crippen molar-refractivity contribution in [3.8, 4) is 0 Å². The second kappa shape index (κ2) is 5.79.